The molecule has 5 aliphatic carbocycles. The van der Waals surface area contributed by atoms with Gasteiger partial charge in [-0.05, 0) is 123 Å². The molecule has 0 aromatic heterocycles. The largest absolute Gasteiger partial charge is 0.450 e. The summed E-state index contributed by atoms with van der Waals surface area (Å²) in [6, 6.07) is -0.169. The van der Waals surface area contributed by atoms with E-state index in [1.165, 1.54) is 25.7 Å². The lowest BCUT2D eigenvalue weighted by Gasteiger charge is -2.64. The molecule has 0 saturated heterocycles. The lowest BCUT2D eigenvalue weighted by atomic mass is 9.41. The van der Waals surface area contributed by atoms with Crippen molar-refractivity contribution in [2.24, 2.45) is 52.3 Å². The zero-order chi connectivity index (χ0) is 26.5. The van der Waals surface area contributed by atoms with Gasteiger partial charge in [0.1, 0.15) is 0 Å². The van der Waals surface area contributed by atoms with Gasteiger partial charge in [0.25, 0.3) is 0 Å². The summed E-state index contributed by atoms with van der Waals surface area (Å²) in [5.74, 6) is 3.28. The SMILES string of the molecule is CC[C@H]1[C@@H](O)C2[C@@H]3CC[C@H]([C@H](C)CCOC(=O)N[C@@H]4CCC[C@@H]4O)[C@@]3(C)CC[C@@H]2[C@@]2(C)CC[C@@H](O)C[C@@H]12. The fourth-order valence-corrected chi connectivity index (χ4v) is 10.8. The summed E-state index contributed by atoms with van der Waals surface area (Å²) >= 11 is 0. The zero-order valence-electron chi connectivity index (χ0n) is 23.7. The van der Waals surface area contributed by atoms with E-state index in [1.54, 1.807) is 0 Å². The van der Waals surface area contributed by atoms with Crippen molar-refractivity contribution in [3.8, 4) is 0 Å². The minimum Gasteiger partial charge on any atom is -0.450 e. The normalized spacial score (nSPS) is 50.0. The van der Waals surface area contributed by atoms with Crippen LogP contribution in [0.3, 0.4) is 0 Å². The van der Waals surface area contributed by atoms with Crippen molar-refractivity contribution < 1.29 is 24.9 Å². The minimum absolute atomic E-state index is 0.169. The van der Waals surface area contributed by atoms with Gasteiger partial charge in [-0.15, -0.1) is 0 Å². The van der Waals surface area contributed by atoms with E-state index in [0.717, 1.165) is 51.4 Å². The molecule has 0 bridgehead atoms. The lowest BCUT2D eigenvalue weighted by molar-refractivity contribution is -0.203. The van der Waals surface area contributed by atoms with Crippen LogP contribution in [0.25, 0.3) is 0 Å². The Bertz CT molecular complexity index is 821. The number of aliphatic hydroxyl groups excluding tert-OH is 3. The second-order valence-corrected chi connectivity index (χ2v) is 14.3. The molecule has 5 fully saturated rings. The maximum atomic E-state index is 12.3. The van der Waals surface area contributed by atoms with Gasteiger partial charge in [-0.2, -0.15) is 0 Å². The molecule has 5 saturated carbocycles. The fraction of sp³-hybridized carbons (Fsp3) is 0.968. The van der Waals surface area contributed by atoms with Gasteiger partial charge in [-0.1, -0.05) is 34.1 Å². The van der Waals surface area contributed by atoms with Gasteiger partial charge >= 0.3 is 6.09 Å². The summed E-state index contributed by atoms with van der Waals surface area (Å²) < 4.78 is 5.54. The molecule has 212 valence electrons. The Balaban J connectivity index is 1.23. The highest BCUT2D eigenvalue weighted by molar-refractivity contribution is 5.67. The molecule has 5 rings (SSSR count). The summed E-state index contributed by atoms with van der Waals surface area (Å²) in [5, 5.41) is 35.2. The Morgan fingerprint density at radius 1 is 0.973 bits per heavy atom. The lowest BCUT2D eigenvalue weighted by Crippen LogP contribution is -2.62. The highest BCUT2D eigenvalue weighted by atomic mass is 16.5. The number of ether oxygens (including phenoxy) is 1. The Morgan fingerprint density at radius 3 is 2.41 bits per heavy atom. The maximum absolute atomic E-state index is 12.3. The molecule has 0 spiro atoms. The first-order valence-electron chi connectivity index (χ1n) is 15.6. The first-order chi connectivity index (χ1) is 17.6. The van der Waals surface area contributed by atoms with E-state index in [9.17, 15) is 20.1 Å². The van der Waals surface area contributed by atoms with Crippen molar-refractivity contribution in [2.45, 2.75) is 129 Å². The summed E-state index contributed by atoms with van der Waals surface area (Å²) in [5.41, 5.74) is 0.469. The van der Waals surface area contributed by atoms with E-state index in [4.69, 9.17) is 4.74 Å². The topological polar surface area (TPSA) is 99.0 Å². The predicted molar refractivity (Wildman–Crippen MR) is 144 cm³/mol. The standard InChI is InChI=1S/C31H53NO5/c1-5-20-24-17-19(33)11-14-31(24,4)23-12-15-30(3)21(9-10-22(30)27(23)28(20)35)18(2)13-16-37-29(36)32-25-7-6-8-26(25)34/h18-28,33-35H,5-17H2,1-4H3,(H,32,36)/t18-,19-,20-,21-,22+,23+,24+,25-,26+,27?,28-,30-,31-/m1/s1. The van der Waals surface area contributed by atoms with Gasteiger partial charge in [-0.3, -0.25) is 0 Å². The minimum atomic E-state index is -0.448. The van der Waals surface area contributed by atoms with E-state index in [-0.39, 0.29) is 29.1 Å². The van der Waals surface area contributed by atoms with Crippen LogP contribution in [-0.4, -0.2) is 52.4 Å². The zero-order valence-corrected chi connectivity index (χ0v) is 23.7. The number of alkyl carbamates (subject to hydrolysis) is 1. The van der Waals surface area contributed by atoms with E-state index in [0.29, 0.717) is 48.0 Å². The van der Waals surface area contributed by atoms with E-state index >= 15 is 0 Å². The van der Waals surface area contributed by atoms with Crippen LogP contribution in [0.4, 0.5) is 4.79 Å². The van der Waals surface area contributed by atoms with Crippen molar-refractivity contribution in [2.75, 3.05) is 6.61 Å². The number of carbonyl (C=O) groups is 1. The number of hydrogen-bond donors (Lipinski definition) is 4. The molecule has 13 atom stereocenters. The summed E-state index contributed by atoms with van der Waals surface area (Å²) in [4.78, 5) is 12.3. The number of carbonyl (C=O) groups excluding carboxylic acids is 1. The quantitative estimate of drug-likeness (QED) is 0.383. The molecule has 0 heterocycles. The smallest absolute Gasteiger partial charge is 0.407 e. The van der Waals surface area contributed by atoms with Crippen LogP contribution in [0.15, 0.2) is 0 Å². The molecule has 0 radical (unpaired) electrons. The third-order valence-electron chi connectivity index (χ3n) is 12.7. The number of aliphatic hydroxyl groups is 3. The molecular formula is C31H53NO5. The van der Waals surface area contributed by atoms with Crippen LogP contribution in [0.1, 0.15) is 105 Å². The highest BCUT2D eigenvalue weighted by Crippen LogP contribution is 2.69. The fourth-order valence-electron chi connectivity index (χ4n) is 10.8. The third-order valence-corrected chi connectivity index (χ3v) is 12.7. The third kappa shape index (κ3) is 4.75. The van der Waals surface area contributed by atoms with Gasteiger partial charge in [0, 0.05) is 0 Å². The summed E-state index contributed by atoms with van der Waals surface area (Å²) in [6.07, 6.45) is 10.8. The Kier molecular flexibility index (Phi) is 7.95. The van der Waals surface area contributed by atoms with Crippen LogP contribution in [0.2, 0.25) is 0 Å². The number of rotatable bonds is 6. The Morgan fingerprint density at radius 2 is 1.70 bits per heavy atom. The van der Waals surface area contributed by atoms with Gasteiger partial charge in [0.05, 0.1) is 31.0 Å². The molecule has 1 unspecified atom stereocenters. The molecule has 6 heteroatoms. The highest BCUT2D eigenvalue weighted by Gasteiger charge is 2.64. The predicted octanol–water partition coefficient (Wildman–Crippen LogP) is 5.28. The van der Waals surface area contributed by atoms with E-state index < -0.39 is 12.2 Å². The first-order valence-corrected chi connectivity index (χ1v) is 15.6. The van der Waals surface area contributed by atoms with Crippen LogP contribution in [0, 0.1) is 52.3 Å². The van der Waals surface area contributed by atoms with Crippen molar-refractivity contribution >= 4 is 6.09 Å². The molecular weight excluding hydrogens is 466 g/mol. The van der Waals surface area contributed by atoms with E-state index in [1.807, 2.05) is 0 Å². The van der Waals surface area contributed by atoms with Crippen LogP contribution < -0.4 is 5.32 Å². The molecule has 0 aliphatic heterocycles. The van der Waals surface area contributed by atoms with Gasteiger partial charge in [0.15, 0.2) is 0 Å². The van der Waals surface area contributed by atoms with Crippen molar-refractivity contribution in [3.63, 3.8) is 0 Å². The van der Waals surface area contributed by atoms with Crippen molar-refractivity contribution in [1.82, 2.24) is 5.32 Å². The van der Waals surface area contributed by atoms with Gasteiger partial charge in [0.2, 0.25) is 0 Å². The molecule has 6 nitrogen and oxygen atoms in total. The van der Waals surface area contributed by atoms with Gasteiger partial charge in [-0.25, -0.2) is 4.79 Å². The summed E-state index contributed by atoms with van der Waals surface area (Å²) in [6.45, 7) is 9.99. The first kappa shape index (κ1) is 27.7. The summed E-state index contributed by atoms with van der Waals surface area (Å²) in [7, 11) is 0. The van der Waals surface area contributed by atoms with Crippen molar-refractivity contribution in [3.05, 3.63) is 0 Å². The molecule has 37 heavy (non-hydrogen) atoms. The molecule has 4 N–H and O–H groups in total. The second-order valence-electron chi connectivity index (χ2n) is 14.3. The Hall–Kier alpha value is -0.850. The van der Waals surface area contributed by atoms with Crippen LogP contribution in [0.5, 0.6) is 0 Å². The molecule has 5 aliphatic rings. The van der Waals surface area contributed by atoms with Crippen molar-refractivity contribution in [1.29, 1.82) is 0 Å². The second kappa shape index (κ2) is 10.6. The maximum Gasteiger partial charge on any atom is 0.407 e. The number of nitrogens with one attached hydrogen (secondary N) is 1. The van der Waals surface area contributed by atoms with Crippen LogP contribution >= 0.6 is 0 Å². The Labute approximate surface area is 224 Å². The number of amides is 1. The van der Waals surface area contributed by atoms with E-state index in [2.05, 4.69) is 33.0 Å². The monoisotopic (exact) mass is 519 g/mol. The van der Waals surface area contributed by atoms with Gasteiger partial charge < -0.3 is 25.4 Å². The average Bonchev–Trinajstić information content (AvgIpc) is 3.42. The molecule has 0 aromatic carbocycles. The number of fused-ring (bicyclic) bond motifs is 5. The van der Waals surface area contributed by atoms with Crippen LogP contribution in [-0.2, 0) is 4.74 Å². The molecule has 0 aromatic rings. The molecule has 1 amide bonds. The average molecular weight is 520 g/mol. The number of hydrogen-bond acceptors (Lipinski definition) is 5.